The smallest absolute Gasteiger partial charge is 0.0762 e. The van der Waals surface area contributed by atoms with E-state index in [2.05, 4.69) is 55.3 Å². The molecule has 0 amide bonds. The molecule has 0 radical (unpaired) electrons. The minimum atomic E-state index is 0.443. The van der Waals surface area contributed by atoms with Gasteiger partial charge in [-0.3, -0.25) is 4.68 Å². The molecule has 1 aromatic rings. The van der Waals surface area contributed by atoms with Crippen LogP contribution >= 0.6 is 0 Å². The first-order valence-corrected chi connectivity index (χ1v) is 7.14. The van der Waals surface area contributed by atoms with E-state index in [9.17, 15) is 0 Å². The van der Waals surface area contributed by atoms with E-state index in [1.165, 1.54) is 13.0 Å². The molecule has 0 aromatic carbocycles. The van der Waals surface area contributed by atoms with Crippen LogP contribution in [0.25, 0.3) is 0 Å². The summed E-state index contributed by atoms with van der Waals surface area (Å²) in [6.45, 7) is 14.1. The van der Waals surface area contributed by atoms with E-state index in [1.807, 2.05) is 4.68 Å². The first-order chi connectivity index (χ1) is 8.67. The molecule has 4 heteroatoms. The molecule has 4 nitrogen and oxygen atoms in total. The summed E-state index contributed by atoms with van der Waals surface area (Å²) in [5.74, 6) is 0. The van der Waals surface area contributed by atoms with Crippen molar-refractivity contribution >= 4 is 0 Å². The van der Waals surface area contributed by atoms with Gasteiger partial charge in [-0.25, -0.2) is 0 Å². The molecule has 0 aliphatic carbocycles. The van der Waals surface area contributed by atoms with Crippen LogP contribution in [-0.2, 0) is 6.54 Å². The van der Waals surface area contributed by atoms with E-state index < -0.39 is 0 Å². The van der Waals surface area contributed by atoms with Gasteiger partial charge in [0, 0.05) is 31.9 Å². The van der Waals surface area contributed by atoms with Crippen molar-refractivity contribution in [3.63, 3.8) is 0 Å². The zero-order chi connectivity index (χ0) is 13.4. The Morgan fingerprint density at radius 1 is 1.33 bits per heavy atom. The second-order valence-electron chi connectivity index (χ2n) is 4.99. The van der Waals surface area contributed by atoms with Gasteiger partial charge in [0.15, 0.2) is 0 Å². The Bertz CT molecular complexity index is 319. The average Bonchev–Trinajstić information content (AvgIpc) is 2.82. The Kier molecular flexibility index (Phi) is 6.98. The summed E-state index contributed by atoms with van der Waals surface area (Å²) in [5, 5.41) is 7.98. The lowest BCUT2D eigenvalue weighted by Crippen LogP contribution is -2.32. The molecule has 1 aromatic heterocycles. The summed E-state index contributed by atoms with van der Waals surface area (Å²) in [6.07, 6.45) is 3.28. The largest absolute Gasteiger partial charge is 0.310 e. The number of nitrogens with one attached hydrogen (secondary N) is 1. The van der Waals surface area contributed by atoms with Crippen LogP contribution in [0.5, 0.6) is 0 Å². The Balaban J connectivity index is 2.20. The minimum absolute atomic E-state index is 0.443. The molecule has 18 heavy (non-hydrogen) atoms. The number of hydrogen-bond acceptors (Lipinski definition) is 3. The molecular weight excluding hydrogens is 224 g/mol. The van der Waals surface area contributed by atoms with Crippen molar-refractivity contribution < 1.29 is 0 Å². The van der Waals surface area contributed by atoms with Crippen LogP contribution in [0.3, 0.4) is 0 Å². The molecule has 1 rings (SSSR count). The molecule has 0 aliphatic heterocycles. The fraction of sp³-hybridized carbons (Fsp3) is 0.786. The second kappa shape index (κ2) is 8.27. The SMILES string of the molecule is CCCN(CC)CCNCc1ccn(C(C)C)n1. The van der Waals surface area contributed by atoms with Crippen molar-refractivity contribution in [3.8, 4) is 0 Å². The molecule has 0 saturated heterocycles. The average molecular weight is 252 g/mol. The zero-order valence-corrected chi connectivity index (χ0v) is 12.3. The van der Waals surface area contributed by atoms with E-state index in [0.29, 0.717) is 6.04 Å². The van der Waals surface area contributed by atoms with Gasteiger partial charge in [-0.05, 0) is 39.4 Å². The molecule has 1 heterocycles. The molecule has 0 fully saturated rings. The quantitative estimate of drug-likeness (QED) is 0.685. The van der Waals surface area contributed by atoms with Crippen molar-refractivity contribution in [3.05, 3.63) is 18.0 Å². The van der Waals surface area contributed by atoms with Crippen molar-refractivity contribution in [2.24, 2.45) is 0 Å². The lowest BCUT2D eigenvalue weighted by atomic mass is 10.4. The third-order valence-electron chi connectivity index (χ3n) is 3.09. The summed E-state index contributed by atoms with van der Waals surface area (Å²) in [5.41, 5.74) is 1.13. The van der Waals surface area contributed by atoms with Crippen LogP contribution in [0, 0.1) is 0 Å². The van der Waals surface area contributed by atoms with Crippen LogP contribution in [0.4, 0.5) is 0 Å². The van der Waals surface area contributed by atoms with Gasteiger partial charge in [0.2, 0.25) is 0 Å². The molecule has 0 atom stereocenters. The number of rotatable bonds is 9. The van der Waals surface area contributed by atoms with Gasteiger partial charge in [0.25, 0.3) is 0 Å². The zero-order valence-electron chi connectivity index (χ0n) is 12.3. The third-order valence-corrected chi connectivity index (χ3v) is 3.09. The topological polar surface area (TPSA) is 33.1 Å². The predicted octanol–water partition coefficient (Wildman–Crippen LogP) is 2.29. The first-order valence-electron chi connectivity index (χ1n) is 7.14. The first kappa shape index (κ1) is 15.2. The molecule has 104 valence electrons. The highest BCUT2D eigenvalue weighted by Crippen LogP contribution is 2.03. The normalized spacial score (nSPS) is 11.7. The number of aromatic nitrogens is 2. The molecular formula is C14H28N4. The van der Waals surface area contributed by atoms with Crippen LogP contribution in [0.15, 0.2) is 12.3 Å². The van der Waals surface area contributed by atoms with Gasteiger partial charge < -0.3 is 10.2 Å². The summed E-state index contributed by atoms with van der Waals surface area (Å²) in [7, 11) is 0. The Labute approximate surface area is 111 Å². The standard InChI is InChI=1S/C14H28N4/c1-5-9-17(6-2)11-8-15-12-14-7-10-18(16-14)13(3)4/h7,10,13,15H,5-6,8-9,11-12H2,1-4H3. The molecule has 0 spiro atoms. The highest BCUT2D eigenvalue weighted by molar-refractivity contribution is 4.98. The molecule has 0 unspecified atom stereocenters. The van der Waals surface area contributed by atoms with Crippen LogP contribution < -0.4 is 5.32 Å². The van der Waals surface area contributed by atoms with Gasteiger partial charge >= 0.3 is 0 Å². The van der Waals surface area contributed by atoms with Crippen molar-refractivity contribution in [1.29, 1.82) is 0 Å². The van der Waals surface area contributed by atoms with E-state index in [1.54, 1.807) is 0 Å². The van der Waals surface area contributed by atoms with Gasteiger partial charge in [-0.15, -0.1) is 0 Å². The van der Waals surface area contributed by atoms with Crippen LogP contribution in [0.2, 0.25) is 0 Å². The van der Waals surface area contributed by atoms with E-state index >= 15 is 0 Å². The summed E-state index contributed by atoms with van der Waals surface area (Å²) in [4.78, 5) is 2.47. The summed E-state index contributed by atoms with van der Waals surface area (Å²) >= 11 is 0. The summed E-state index contributed by atoms with van der Waals surface area (Å²) in [6, 6.07) is 2.54. The predicted molar refractivity (Wildman–Crippen MR) is 76.7 cm³/mol. The van der Waals surface area contributed by atoms with E-state index in [0.717, 1.165) is 31.9 Å². The molecule has 0 bridgehead atoms. The monoisotopic (exact) mass is 252 g/mol. The van der Waals surface area contributed by atoms with E-state index in [4.69, 9.17) is 0 Å². The van der Waals surface area contributed by atoms with Crippen LogP contribution in [0.1, 0.15) is 45.9 Å². The van der Waals surface area contributed by atoms with Gasteiger partial charge in [0.05, 0.1) is 5.69 Å². The van der Waals surface area contributed by atoms with Gasteiger partial charge in [-0.2, -0.15) is 5.10 Å². The summed E-state index contributed by atoms with van der Waals surface area (Å²) < 4.78 is 2.01. The van der Waals surface area contributed by atoms with Crippen molar-refractivity contribution in [2.75, 3.05) is 26.2 Å². The highest BCUT2D eigenvalue weighted by atomic mass is 15.3. The third kappa shape index (κ3) is 5.19. The molecule has 1 N–H and O–H groups in total. The number of hydrogen-bond donors (Lipinski definition) is 1. The molecule has 0 aliphatic rings. The Hall–Kier alpha value is -0.870. The lowest BCUT2D eigenvalue weighted by Gasteiger charge is -2.19. The fourth-order valence-corrected chi connectivity index (χ4v) is 1.96. The lowest BCUT2D eigenvalue weighted by molar-refractivity contribution is 0.287. The number of likely N-dealkylation sites (N-methyl/N-ethyl adjacent to an activating group) is 1. The van der Waals surface area contributed by atoms with E-state index in [-0.39, 0.29) is 0 Å². The maximum absolute atomic E-state index is 4.52. The molecule has 0 saturated carbocycles. The minimum Gasteiger partial charge on any atom is -0.310 e. The van der Waals surface area contributed by atoms with Crippen LogP contribution in [-0.4, -0.2) is 40.9 Å². The highest BCUT2D eigenvalue weighted by Gasteiger charge is 2.02. The fourth-order valence-electron chi connectivity index (χ4n) is 1.96. The van der Waals surface area contributed by atoms with Crippen molar-refractivity contribution in [2.45, 2.75) is 46.7 Å². The van der Waals surface area contributed by atoms with Gasteiger partial charge in [-0.1, -0.05) is 13.8 Å². The Morgan fingerprint density at radius 2 is 2.11 bits per heavy atom. The second-order valence-corrected chi connectivity index (χ2v) is 4.99. The van der Waals surface area contributed by atoms with Gasteiger partial charge in [0.1, 0.15) is 0 Å². The Morgan fingerprint density at radius 3 is 2.67 bits per heavy atom. The maximum Gasteiger partial charge on any atom is 0.0762 e. The number of nitrogens with zero attached hydrogens (tertiary/aromatic N) is 3. The van der Waals surface area contributed by atoms with Crippen molar-refractivity contribution in [1.82, 2.24) is 20.0 Å². The maximum atomic E-state index is 4.52.